The third-order valence-corrected chi connectivity index (χ3v) is 4.44. The molecule has 8 heteroatoms. The minimum Gasteiger partial charge on any atom is -0.477 e. The van der Waals surface area contributed by atoms with Crippen LogP contribution in [0.5, 0.6) is 5.88 Å². The number of hydrogen-bond donors (Lipinski definition) is 1. The van der Waals surface area contributed by atoms with Crippen LogP contribution in [0.1, 0.15) is 36.5 Å². The number of likely N-dealkylation sites (tertiary alicyclic amines) is 1. The van der Waals surface area contributed by atoms with Crippen molar-refractivity contribution in [3.05, 3.63) is 23.9 Å². The predicted molar refractivity (Wildman–Crippen MR) is 86.9 cm³/mol. The number of amides is 1. The molecular weight excluding hydrogens is 318 g/mol. The van der Waals surface area contributed by atoms with Gasteiger partial charge in [0.15, 0.2) is 0 Å². The van der Waals surface area contributed by atoms with Gasteiger partial charge in [-0.15, -0.1) is 0 Å². The van der Waals surface area contributed by atoms with Gasteiger partial charge in [-0.05, 0) is 38.3 Å². The molecule has 0 radical (unpaired) electrons. The van der Waals surface area contributed by atoms with Crippen LogP contribution in [0.2, 0.25) is 0 Å². The molecule has 2 rings (SSSR count). The van der Waals surface area contributed by atoms with Gasteiger partial charge in [-0.2, -0.15) is 0 Å². The van der Waals surface area contributed by atoms with Gasteiger partial charge in [-0.25, -0.2) is 18.1 Å². The molecule has 1 fully saturated rings. The van der Waals surface area contributed by atoms with Crippen LogP contribution >= 0.6 is 0 Å². The fraction of sp³-hybridized carbons (Fsp3) is 0.600. The van der Waals surface area contributed by atoms with E-state index in [9.17, 15) is 13.2 Å². The molecule has 0 bridgehead atoms. The number of nitrogens with one attached hydrogen (secondary N) is 1. The number of sulfonamides is 1. The van der Waals surface area contributed by atoms with Crippen LogP contribution in [-0.2, 0) is 10.0 Å². The van der Waals surface area contributed by atoms with Crippen molar-refractivity contribution in [2.75, 3.05) is 26.0 Å². The molecule has 0 saturated carbocycles. The summed E-state index contributed by atoms with van der Waals surface area (Å²) in [7, 11) is -3.28. The van der Waals surface area contributed by atoms with Crippen LogP contribution < -0.4 is 9.46 Å². The Balaban J connectivity index is 2.18. The highest BCUT2D eigenvalue weighted by Crippen LogP contribution is 2.23. The molecule has 1 amide bonds. The summed E-state index contributed by atoms with van der Waals surface area (Å²) in [5.74, 6) is 0.155. The van der Waals surface area contributed by atoms with Gasteiger partial charge in [-0.3, -0.25) is 4.79 Å². The molecule has 0 unspecified atom stereocenters. The van der Waals surface area contributed by atoms with Crippen LogP contribution in [0.4, 0.5) is 0 Å². The maximum atomic E-state index is 12.9. The SMILES string of the molecule is CCOc1ncccc1C(=O)N1CCCC[C@H]1CNS(C)(=O)=O. The van der Waals surface area contributed by atoms with Gasteiger partial charge < -0.3 is 9.64 Å². The molecule has 7 nitrogen and oxygen atoms in total. The van der Waals surface area contributed by atoms with Crippen molar-refractivity contribution in [3.63, 3.8) is 0 Å². The van der Waals surface area contributed by atoms with E-state index in [1.54, 1.807) is 23.2 Å². The molecule has 1 atom stereocenters. The number of carbonyl (C=O) groups excluding carboxylic acids is 1. The van der Waals surface area contributed by atoms with E-state index in [2.05, 4.69) is 9.71 Å². The molecule has 0 aromatic carbocycles. The lowest BCUT2D eigenvalue weighted by Crippen LogP contribution is -2.49. The lowest BCUT2D eigenvalue weighted by atomic mass is 10.0. The summed E-state index contributed by atoms with van der Waals surface area (Å²) < 4.78 is 30.6. The predicted octanol–water partition coefficient (Wildman–Crippen LogP) is 1.02. The Morgan fingerprint density at radius 1 is 1.48 bits per heavy atom. The molecule has 0 spiro atoms. The van der Waals surface area contributed by atoms with Crippen LogP contribution in [0.15, 0.2) is 18.3 Å². The summed E-state index contributed by atoms with van der Waals surface area (Å²) in [4.78, 5) is 18.7. The fourth-order valence-corrected chi connectivity index (χ4v) is 3.18. The van der Waals surface area contributed by atoms with E-state index in [1.807, 2.05) is 6.92 Å². The summed E-state index contributed by atoms with van der Waals surface area (Å²) in [5.41, 5.74) is 0.417. The van der Waals surface area contributed by atoms with Crippen LogP contribution in [-0.4, -0.2) is 56.2 Å². The first-order valence-corrected chi connectivity index (χ1v) is 9.65. The van der Waals surface area contributed by atoms with E-state index in [4.69, 9.17) is 4.74 Å². The number of carbonyl (C=O) groups is 1. The second-order valence-electron chi connectivity index (χ2n) is 5.56. The van der Waals surface area contributed by atoms with Crippen molar-refractivity contribution in [1.29, 1.82) is 0 Å². The maximum absolute atomic E-state index is 12.9. The monoisotopic (exact) mass is 341 g/mol. The number of nitrogens with zero attached hydrogens (tertiary/aromatic N) is 2. The zero-order chi connectivity index (χ0) is 16.9. The molecule has 1 N–H and O–H groups in total. The first-order chi connectivity index (χ1) is 10.9. The van der Waals surface area contributed by atoms with Gasteiger partial charge in [0.1, 0.15) is 5.56 Å². The summed E-state index contributed by atoms with van der Waals surface area (Å²) in [5, 5.41) is 0. The highest BCUT2D eigenvalue weighted by molar-refractivity contribution is 7.88. The average molecular weight is 341 g/mol. The molecule has 23 heavy (non-hydrogen) atoms. The molecule has 1 aromatic heterocycles. The Bertz CT molecular complexity index is 648. The van der Waals surface area contributed by atoms with Crippen molar-refractivity contribution in [2.24, 2.45) is 0 Å². The topological polar surface area (TPSA) is 88.6 Å². The highest BCUT2D eigenvalue weighted by Gasteiger charge is 2.29. The van der Waals surface area contributed by atoms with Crippen molar-refractivity contribution in [3.8, 4) is 5.88 Å². The van der Waals surface area contributed by atoms with Gasteiger partial charge in [0.2, 0.25) is 15.9 Å². The summed E-state index contributed by atoms with van der Waals surface area (Å²) in [6, 6.07) is 3.24. The van der Waals surface area contributed by atoms with Crippen LogP contribution in [0.3, 0.4) is 0 Å². The van der Waals surface area contributed by atoms with Crippen LogP contribution in [0.25, 0.3) is 0 Å². The third kappa shape index (κ3) is 4.90. The standard InChI is InChI=1S/C15H23N3O4S/c1-3-22-14-13(8-6-9-16-14)15(19)18-10-5-4-7-12(18)11-17-23(2,20)21/h6,8-9,12,17H,3-5,7,10-11H2,1-2H3/t12-/m0/s1. The van der Waals surface area contributed by atoms with E-state index >= 15 is 0 Å². The maximum Gasteiger partial charge on any atom is 0.259 e. The van der Waals surface area contributed by atoms with E-state index in [0.717, 1.165) is 25.5 Å². The Labute approximate surface area is 137 Å². The zero-order valence-electron chi connectivity index (χ0n) is 13.5. The van der Waals surface area contributed by atoms with Crippen molar-refractivity contribution >= 4 is 15.9 Å². The number of aromatic nitrogens is 1. The molecule has 2 heterocycles. The van der Waals surface area contributed by atoms with Crippen molar-refractivity contribution in [2.45, 2.75) is 32.2 Å². The highest BCUT2D eigenvalue weighted by atomic mass is 32.2. The minimum absolute atomic E-state index is 0.152. The molecule has 1 aliphatic heterocycles. The molecule has 1 saturated heterocycles. The largest absolute Gasteiger partial charge is 0.477 e. The summed E-state index contributed by atoms with van der Waals surface area (Å²) in [6.45, 7) is 3.10. The summed E-state index contributed by atoms with van der Waals surface area (Å²) in [6.07, 6.45) is 5.37. The molecule has 1 aromatic rings. The fourth-order valence-electron chi connectivity index (χ4n) is 2.69. The van der Waals surface area contributed by atoms with E-state index in [0.29, 0.717) is 24.6 Å². The average Bonchev–Trinajstić information content (AvgIpc) is 2.53. The lowest BCUT2D eigenvalue weighted by molar-refractivity contribution is 0.0613. The van der Waals surface area contributed by atoms with Crippen LogP contribution in [0, 0.1) is 0 Å². The zero-order valence-corrected chi connectivity index (χ0v) is 14.3. The first kappa shape index (κ1) is 17.7. The number of pyridine rings is 1. The molecular formula is C15H23N3O4S. The number of piperidine rings is 1. The quantitative estimate of drug-likeness (QED) is 0.835. The molecule has 0 aliphatic carbocycles. The third-order valence-electron chi connectivity index (χ3n) is 3.75. The van der Waals surface area contributed by atoms with Gasteiger partial charge in [0.25, 0.3) is 5.91 Å². The second-order valence-corrected chi connectivity index (χ2v) is 7.39. The Morgan fingerprint density at radius 2 is 2.26 bits per heavy atom. The van der Waals surface area contributed by atoms with Gasteiger partial charge in [0, 0.05) is 25.3 Å². The van der Waals surface area contributed by atoms with E-state index < -0.39 is 10.0 Å². The molecule has 1 aliphatic rings. The lowest BCUT2D eigenvalue weighted by Gasteiger charge is -2.36. The van der Waals surface area contributed by atoms with E-state index in [1.165, 1.54) is 0 Å². The first-order valence-electron chi connectivity index (χ1n) is 7.75. The second kappa shape index (κ2) is 7.74. The minimum atomic E-state index is -3.28. The van der Waals surface area contributed by atoms with Gasteiger partial charge in [0.05, 0.1) is 12.9 Å². The smallest absolute Gasteiger partial charge is 0.259 e. The van der Waals surface area contributed by atoms with E-state index in [-0.39, 0.29) is 18.5 Å². The number of hydrogen-bond acceptors (Lipinski definition) is 5. The van der Waals surface area contributed by atoms with Gasteiger partial charge >= 0.3 is 0 Å². The normalized spacial score (nSPS) is 18.7. The number of ether oxygens (including phenoxy) is 1. The molecule has 128 valence electrons. The Kier molecular flexibility index (Phi) is 5.95. The van der Waals surface area contributed by atoms with Crippen molar-refractivity contribution < 1.29 is 17.9 Å². The van der Waals surface area contributed by atoms with Gasteiger partial charge in [-0.1, -0.05) is 0 Å². The Hall–Kier alpha value is -1.67. The Morgan fingerprint density at radius 3 is 2.96 bits per heavy atom. The summed E-state index contributed by atoms with van der Waals surface area (Å²) >= 11 is 0. The number of rotatable bonds is 6. The van der Waals surface area contributed by atoms with Crippen molar-refractivity contribution in [1.82, 2.24) is 14.6 Å².